The number of allylic oxidation sites excluding steroid dienone is 1. The Morgan fingerprint density at radius 1 is 1.07 bits per heavy atom. The summed E-state index contributed by atoms with van der Waals surface area (Å²) < 4.78 is 42.5. The number of benzene rings is 2. The summed E-state index contributed by atoms with van der Waals surface area (Å²) in [6.45, 7) is 0.934. The SMILES string of the molecule is O=C(/C=C(\c1ccccc1)C(F)(F)F)Nc1cccc(-c2cn3c(n2)CCCC3)c1. The molecule has 0 fully saturated rings. The number of rotatable bonds is 4. The largest absolute Gasteiger partial charge is 0.417 e. The molecule has 2 heterocycles. The molecule has 0 unspecified atom stereocenters. The maximum absolute atomic E-state index is 13.4. The molecule has 1 N–H and O–H groups in total. The summed E-state index contributed by atoms with van der Waals surface area (Å²) in [5.74, 6) is 0.193. The van der Waals surface area contributed by atoms with Crippen LogP contribution in [0.3, 0.4) is 0 Å². The quantitative estimate of drug-likeness (QED) is 0.579. The molecule has 7 heteroatoms. The van der Waals surface area contributed by atoms with Crippen LogP contribution in [0.4, 0.5) is 18.9 Å². The molecule has 0 spiro atoms. The van der Waals surface area contributed by atoms with Crippen LogP contribution >= 0.6 is 0 Å². The van der Waals surface area contributed by atoms with Crippen molar-refractivity contribution in [3.05, 3.63) is 78.3 Å². The van der Waals surface area contributed by atoms with Crippen LogP contribution in [0.5, 0.6) is 0 Å². The molecule has 1 aromatic heterocycles. The number of nitrogens with one attached hydrogen (secondary N) is 1. The van der Waals surface area contributed by atoms with Crippen LogP contribution in [-0.2, 0) is 17.8 Å². The van der Waals surface area contributed by atoms with Crippen molar-refractivity contribution < 1.29 is 18.0 Å². The number of fused-ring (bicyclic) bond motifs is 1. The van der Waals surface area contributed by atoms with Crippen LogP contribution in [0.15, 0.2) is 66.9 Å². The molecule has 0 atom stereocenters. The third kappa shape index (κ3) is 4.45. The second kappa shape index (κ2) is 8.18. The monoisotopic (exact) mass is 411 g/mol. The van der Waals surface area contributed by atoms with Gasteiger partial charge < -0.3 is 9.88 Å². The van der Waals surface area contributed by atoms with E-state index >= 15 is 0 Å². The highest BCUT2D eigenvalue weighted by atomic mass is 19.4. The lowest BCUT2D eigenvalue weighted by molar-refractivity contribution is -0.112. The zero-order valence-electron chi connectivity index (χ0n) is 16.1. The van der Waals surface area contributed by atoms with Crippen molar-refractivity contribution >= 4 is 17.2 Å². The average molecular weight is 411 g/mol. The minimum Gasteiger partial charge on any atom is -0.334 e. The van der Waals surface area contributed by atoms with Crippen molar-refractivity contribution in [1.82, 2.24) is 9.55 Å². The van der Waals surface area contributed by atoms with Gasteiger partial charge in [0.2, 0.25) is 5.91 Å². The van der Waals surface area contributed by atoms with Gasteiger partial charge in [0.05, 0.1) is 11.3 Å². The molecule has 4 rings (SSSR count). The standard InChI is InChI=1S/C23H20F3N3O/c24-23(25,26)19(16-7-2-1-3-8-16)14-22(30)27-18-10-6-9-17(13-18)20-15-29-12-5-4-11-21(29)28-20/h1-3,6-10,13-15H,4-5,11-12H2,(H,27,30)/b19-14+. The van der Waals surface area contributed by atoms with E-state index in [0.29, 0.717) is 11.8 Å². The number of aryl methyl sites for hydroxylation is 2. The zero-order valence-corrected chi connectivity index (χ0v) is 16.1. The van der Waals surface area contributed by atoms with Crippen LogP contribution in [0.25, 0.3) is 16.8 Å². The molecule has 2 aromatic carbocycles. The number of aromatic nitrogens is 2. The number of imidazole rings is 1. The number of anilines is 1. The molecule has 1 aliphatic heterocycles. The minimum atomic E-state index is -4.64. The Morgan fingerprint density at radius 3 is 2.60 bits per heavy atom. The number of alkyl halides is 3. The summed E-state index contributed by atoms with van der Waals surface area (Å²) in [4.78, 5) is 17.0. The summed E-state index contributed by atoms with van der Waals surface area (Å²) in [5, 5.41) is 2.54. The van der Waals surface area contributed by atoms with E-state index in [4.69, 9.17) is 0 Å². The van der Waals surface area contributed by atoms with Crippen LogP contribution < -0.4 is 5.32 Å². The van der Waals surface area contributed by atoms with E-state index in [1.807, 2.05) is 12.3 Å². The molecular formula is C23H20F3N3O. The lowest BCUT2D eigenvalue weighted by Gasteiger charge is -2.12. The van der Waals surface area contributed by atoms with Gasteiger partial charge >= 0.3 is 6.18 Å². The average Bonchev–Trinajstić information content (AvgIpc) is 3.16. The van der Waals surface area contributed by atoms with Crippen molar-refractivity contribution in [2.75, 3.05) is 5.32 Å². The van der Waals surface area contributed by atoms with E-state index in [0.717, 1.165) is 42.9 Å². The fraction of sp³-hybridized carbons (Fsp3) is 0.217. The second-order valence-corrected chi connectivity index (χ2v) is 7.18. The Morgan fingerprint density at radius 2 is 1.87 bits per heavy atom. The summed E-state index contributed by atoms with van der Waals surface area (Å²) in [6.07, 6.45) is 1.09. The zero-order chi connectivity index (χ0) is 21.1. The van der Waals surface area contributed by atoms with Gasteiger partial charge in [-0.3, -0.25) is 4.79 Å². The van der Waals surface area contributed by atoms with Crippen molar-refractivity contribution in [3.8, 4) is 11.3 Å². The highest BCUT2D eigenvalue weighted by molar-refractivity contribution is 6.04. The maximum Gasteiger partial charge on any atom is 0.417 e. The Bertz CT molecular complexity index is 1060. The normalized spacial score (nSPS) is 14.3. The summed E-state index contributed by atoms with van der Waals surface area (Å²) in [7, 11) is 0. The maximum atomic E-state index is 13.4. The van der Waals surface area contributed by atoms with Gasteiger partial charge in [-0.05, 0) is 30.5 Å². The van der Waals surface area contributed by atoms with E-state index in [9.17, 15) is 18.0 Å². The molecular weight excluding hydrogens is 391 g/mol. The number of amides is 1. The smallest absolute Gasteiger partial charge is 0.334 e. The highest BCUT2D eigenvalue weighted by Crippen LogP contribution is 2.33. The van der Waals surface area contributed by atoms with E-state index < -0.39 is 17.7 Å². The predicted molar refractivity (Wildman–Crippen MR) is 110 cm³/mol. The van der Waals surface area contributed by atoms with Crippen LogP contribution in [0, 0.1) is 0 Å². The van der Waals surface area contributed by atoms with E-state index in [1.54, 1.807) is 24.3 Å². The first kappa shape index (κ1) is 19.9. The van der Waals surface area contributed by atoms with Crippen molar-refractivity contribution in [2.24, 2.45) is 0 Å². The third-order valence-electron chi connectivity index (χ3n) is 5.00. The molecule has 0 radical (unpaired) electrons. The Kier molecular flexibility index (Phi) is 5.44. The number of halogens is 3. The first-order valence-corrected chi connectivity index (χ1v) is 9.72. The van der Waals surface area contributed by atoms with E-state index in [-0.39, 0.29) is 5.56 Å². The molecule has 3 aromatic rings. The molecule has 30 heavy (non-hydrogen) atoms. The first-order chi connectivity index (χ1) is 14.4. The molecule has 0 aliphatic carbocycles. The molecule has 154 valence electrons. The van der Waals surface area contributed by atoms with Gasteiger partial charge in [0.15, 0.2) is 0 Å². The fourth-order valence-corrected chi connectivity index (χ4v) is 3.56. The van der Waals surface area contributed by atoms with Gasteiger partial charge in [-0.2, -0.15) is 13.2 Å². The minimum absolute atomic E-state index is 0.0579. The van der Waals surface area contributed by atoms with Gasteiger partial charge in [-0.25, -0.2) is 4.98 Å². The number of carbonyl (C=O) groups excluding carboxylic acids is 1. The summed E-state index contributed by atoms with van der Waals surface area (Å²) in [6, 6.07) is 14.2. The lowest BCUT2D eigenvalue weighted by Crippen LogP contribution is -2.16. The lowest BCUT2D eigenvalue weighted by atomic mass is 10.0. The van der Waals surface area contributed by atoms with Gasteiger partial charge in [-0.1, -0.05) is 42.5 Å². The predicted octanol–water partition coefficient (Wildman–Crippen LogP) is 5.47. The third-order valence-corrected chi connectivity index (χ3v) is 5.00. The Labute approximate surface area is 172 Å². The van der Waals surface area contributed by atoms with Gasteiger partial charge in [-0.15, -0.1) is 0 Å². The number of hydrogen-bond donors (Lipinski definition) is 1. The fourth-order valence-electron chi connectivity index (χ4n) is 3.56. The highest BCUT2D eigenvalue weighted by Gasteiger charge is 2.35. The van der Waals surface area contributed by atoms with E-state index in [1.165, 1.54) is 24.3 Å². The van der Waals surface area contributed by atoms with Gasteiger partial charge in [0, 0.05) is 36.5 Å². The Balaban J connectivity index is 1.57. The summed E-state index contributed by atoms with van der Waals surface area (Å²) >= 11 is 0. The number of nitrogens with zero attached hydrogens (tertiary/aromatic N) is 2. The molecule has 1 amide bonds. The van der Waals surface area contributed by atoms with Crippen LogP contribution in [0.2, 0.25) is 0 Å². The summed E-state index contributed by atoms with van der Waals surface area (Å²) in [5.41, 5.74) is 0.960. The number of hydrogen-bond acceptors (Lipinski definition) is 2. The number of carbonyl (C=O) groups is 1. The van der Waals surface area contributed by atoms with Gasteiger partial charge in [0.1, 0.15) is 5.82 Å². The van der Waals surface area contributed by atoms with Crippen molar-refractivity contribution in [1.29, 1.82) is 0 Å². The van der Waals surface area contributed by atoms with Crippen molar-refractivity contribution in [2.45, 2.75) is 32.0 Å². The van der Waals surface area contributed by atoms with Crippen LogP contribution in [0.1, 0.15) is 24.2 Å². The van der Waals surface area contributed by atoms with Crippen LogP contribution in [-0.4, -0.2) is 21.6 Å². The topological polar surface area (TPSA) is 46.9 Å². The molecule has 1 aliphatic rings. The van der Waals surface area contributed by atoms with Gasteiger partial charge in [0.25, 0.3) is 0 Å². The first-order valence-electron chi connectivity index (χ1n) is 9.72. The molecule has 0 bridgehead atoms. The van der Waals surface area contributed by atoms with E-state index in [2.05, 4.69) is 14.9 Å². The second-order valence-electron chi connectivity index (χ2n) is 7.18. The Hall–Kier alpha value is -3.35. The molecule has 4 nitrogen and oxygen atoms in total. The molecule has 0 saturated heterocycles. The van der Waals surface area contributed by atoms with Crippen molar-refractivity contribution in [3.63, 3.8) is 0 Å². The molecule has 0 saturated carbocycles.